The summed E-state index contributed by atoms with van der Waals surface area (Å²) in [5.74, 6) is 1.02. The van der Waals surface area contributed by atoms with Crippen molar-refractivity contribution in [2.45, 2.75) is 11.4 Å². The van der Waals surface area contributed by atoms with Gasteiger partial charge in [0.25, 0.3) is 0 Å². The average Bonchev–Trinajstić information content (AvgIpc) is 2.47. The van der Waals surface area contributed by atoms with Gasteiger partial charge in [0.05, 0.1) is 11.4 Å². The molecule has 0 aliphatic carbocycles. The third-order valence-electron chi connectivity index (χ3n) is 2.82. The van der Waals surface area contributed by atoms with Crippen molar-refractivity contribution in [2.24, 2.45) is 5.10 Å². The van der Waals surface area contributed by atoms with Crippen molar-refractivity contribution >= 4 is 34.8 Å². The van der Waals surface area contributed by atoms with Gasteiger partial charge in [-0.15, -0.1) is 11.8 Å². The van der Waals surface area contributed by atoms with E-state index in [1.165, 1.54) is 0 Å². The summed E-state index contributed by atoms with van der Waals surface area (Å²) in [6.07, 6.45) is 2.77. The molecular formula is C14H12ClN3S. The third kappa shape index (κ3) is 2.91. The Balaban J connectivity index is 1.83. The van der Waals surface area contributed by atoms with E-state index < -0.39 is 0 Å². The molecule has 0 spiro atoms. The summed E-state index contributed by atoms with van der Waals surface area (Å²) in [6, 6.07) is 11.5. The zero-order valence-electron chi connectivity index (χ0n) is 10.1. The molecule has 0 amide bonds. The first-order chi connectivity index (χ1) is 9.33. The summed E-state index contributed by atoms with van der Waals surface area (Å²) in [5.41, 5.74) is 6.18. The quantitative estimate of drug-likeness (QED) is 0.848. The predicted molar refractivity (Wildman–Crippen MR) is 81.2 cm³/mol. The Morgan fingerprint density at radius 2 is 2.05 bits per heavy atom. The lowest BCUT2D eigenvalue weighted by atomic mass is 10.1. The fourth-order valence-corrected chi connectivity index (χ4v) is 2.97. The van der Waals surface area contributed by atoms with Crippen molar-refractivity contribution in [1.82, 2.24) is 4.98 Å². The minimum absolute atomic E-state index is 0.724. The van der Waals surface area contributed by atoms with Gasteiger partial charge in [-0.2, -0.15) is 5.10 Å². The molecule has 19 heavy (non-hydrogen) atoms. The average molecular weight is 290 g/mol. The Morgan fingerprint density at radius 3 is 2.89 bits per heavy atom. The molecule has 0 bridgehead atoms. The number of halogens is 1. The van der Waals surface area contributed by atoms with Crippen LogP contribution in [0, 0.1) is 0 Å². The Labute approximate surface area is 121 Å². The molecule has 1 aliphatic rings. The Morgan fingerprint density at radius 1 is 1.21 bits per heavy atom. The molecule has 0 unspecified atom stereocenters. The number of aromatic nitrogens is 1. The number of benzene rings is 1. The maximum atomic E-state index is 5.85. The van der Waals surface area contributed by atoms with Crippen LogP contribution in [-0.4, -0.2) is 16.4 Å². The van der Waals surface area contributed by atoms with Crippen LogP contribution in [0.1, 0.15) is 12.0 Å². The van der Waals surface area contributed by atoms with Gasteiger partial charge < -0.3 is 0 Å². The molecule has 96 valence electrons. The maximum absolute atomic E-state index is 5.85. The standard InChI is InChI=1S/C14H12ClN3S/c15-10-3-5-11(6-4-10)17-18-13-7-9-19-14-12(13)2-1-8-16-14/h1-6,8,17H,7,9H2/b18-13+. The molecule has 0 saturated carbocycles. The molecule has 3 nitrogen and oxygen atoms in total. The number of hydrogen-bond donors (Lipinski definition) is 1. The smallest absolute Gasteiger partial charge is 0.105 e. The second-order valence-corrected chi connectivity index (χ2v) is 5.65. The predicted octanol–water partition coefficient (Wildman–Crippen LogP) is 4.05. The molecule has 2 aromatic rings. The zero-order valence-corrected chi connectivity index (χ0v) is 11.7. The normalized spacial score (nSPS) is 16.2. The number of hydrazone groups is 1. The van der Waals surface area contributed by atoms with Crippen LogP contribution in [0.5, 0.6) is 0 Å². The second kappa shape index (κ2) is 5.63. The molecule has 5 heteroatoms. The van der Waals surface area contributed by atoms with Gasteiger partial charge >= 0.3 is 0 Å². The van der Waals surface area contributed by atoms with Gasteiger partial charge in [-0.05, 0) is 36.4 Å². The molecule has 3 rings (SSSR count). The monoisotopic (exact) mass is 289 g/mol. The minimum atomic E-state index is 0.724. The fraction of sp³-hybridized carbons (Fsp3) is 0.143. The van der Waals surface area contributed by atoms with Gasteiger partial charge in [0.2, 0.25) is 0 Å². The highest BCUT2D eigenvalue weighted by atomic mass is 35.5. The number of hydrogen-bond acceptors (Lipinski definition) is 4. The van der Waals surface area contributed by atoms with Gasteiger partial charge in [-0.1, -0.05) is 11.6 Å². The van der Waals surface area contributed by atoms with Crippen LogP contribution in [-0.2, 0) is 0 Å². The molecule has 1 aromatic carbocycles. The van der Waals surface area contributed by atoms with Crippen LogP contribution in [0.25, 0.3) is 0 Å². The van der Waals surface area contributed by atoms with Gasteiger partial charge in [0.1, 0.15) is 5.03 Å². The first-order valence-corrected chi connectivity index (χ1v) is 7.35. The summed E-state index contributed by atoms with van der Waals surface area (Å²) in [6.45, 7) is 0. The van der Waals surface area contributed by atoms with Crippen LogP contribution in [0.2, 0.25) is 5.02 Å². The molecule has 0 fully saturated rings. The van der Waals surface area contributed by atoms with Crippen LogP contribution in [0.3, 0.4) is 0 Å². The minimum Gasteiger partial charge on any atom is -0.278 e. The van der Waals surface area contributed by atoms with E-state index in [9.17, 15) is 0 Å². The molecular weight excluding hydrogens is 278 g/mol. The highest BCUT2D eigenvalue weighted by molar-refractivity contribution is 7.99. The fourth-order valence-electron chi connectivity index (χ4n) is 1.88. The Hall–Kier alpha value is -1.52. The summed E-state index contributed by atoms with van der Waals surface area (Å²) in [4.78, 5) is 4.37. The van der Waals surface area contributed by atoms with Crippen LogP contribution >= 0.6 is 23.4 Å². The first kappa shape index (κ1) is 12.5. The molecule has 1 aliphatic heterocycles. The number of pyridine rings is 1. The molecule has 0 atom stereocenters. The van der Waals surface area contributed by atoms with Crippen molar-refractivity contribution in [1.29, 1.82) is 0 Å². The Kier molecular flexibility index (Phi) is 3.71. The maximum Gasteiger partial charge on any atom is 0.105 e. The number of nitrogens with one attached hydrogen (secondary N) is 1. The van der Waals surface area contributed by atoms with Crippen LogP contribution in [0.4, 0.5) is 5.69 Å². The summed E-state index contributed by atoms with van der Waals surface area (Å²) in [7, 11) is 0. The van der Waals surface area contributed by atoms with Crippen molar-refractivity contribution in [3.8, 4) is 0 Å². The topological polar surface area (TPSA) is 37.3 Å². The molecule has 1 N–H and O–H groups in total. The highest BCUT2D eigenvalue weighted by Gasteiger charge is 2.16. The molecule has 1 aromatic heterocycles. The summed E-state index contributed by atoms with van der Waals surface area (Å²) >= 11 is 7.63. The van der Waals surface area contributed by atoms with Crippen molar-refractivity contribution in [3.05, 3.63) is 53.2 Å². The Bertz CT molecular complexity index is 610. The second-order valence-electron chi connectivity index (χ2n) is 4.13. The van der Waals surface area contributed by atoms with E-state index >= 15 is 0 Å². The number of thioether (sulfide) groups is 1. The number of rotatable bonds is 2. The molecule has 2 heterocycles. The van der Waals surface area contributed by atoms with E-state index in [0.717, 1.165) is 39.2 Å². The van der Waals surface area contributed by atoms with E-state index in [4.69, 9.17) is 11.6 Å². The highest BCUT2D eigenvalue weighted by Crippen LogP contribution is 2.28. The van der Waals surface area contributed by atoms with Crippen molar-refractivity contribution < 1.29 is 0 Å². The van der Waals surface area contributed by atoms with E-state index in [1.807, 2.05) is 36.5 Å². The van der Waals surface area contributed by atoms with Gasteiger partial charge in [-0.3, -0.25) is 5.43 Å². The van der Waals surface area contributed by atoms with Gasteiger partial charge in [0, 0.05) is 29.0 Å². The lowest BCUT2D eigenvalue weighted by Crippen LogP contribution is -2.12. The van der Waals surface area contributed by atoms with E-state index in [0.29, 0.717) is 0 Å². The third-order valence-corrected chi connectivity index (χ3v) is 4.08. The van der Waals surface area contributed by atoms with Crippen molar-refractivity contribution in [3.63, 3.8) is 0 Å². The van der Waals surface area contributed by atoms with E-state index in [2.05, 4.69) is 21.6 Å². The van der Waals surface area contributed by atoms with E-state index in [1.54, 1.807) is 11.8 Å². The molecule has 0 saturated heterocycles. The number of anilines is 1. The zero-order chi connectivity index (χ0) is 13.1. The van der Waals surface area contributed by atoms with Gasteiger partial charge in [0.15, 0.2) is 0 Å². The van der Waals surface area contributed by atoms with Crippen molar-refractivity contribution in [2.75, 3.05) is 11.2 Å². The summed E-state index contributed by atoms with van der Waals surface area (Å²) in [5, 5.41) is 6.28. The first-order valence-electron chi connectivity index (χ1n) is 5.99. The van der Waals surface area contributed by atoms with E-state index in [-0.39, 0.29) is 0 Å². The van der Waals surface area contributed by atoms with Gasteiger partial charge in [-0.25, -0.2) is 4.98 Å². The number of nitrogens with zero attached hydrogens (tertiary/aromatic N) is 2. The SMILES string of the molecule is Clc1ccc(N/N=C2\CCSc3ncccc32)cc1. The lowest BCUT2D eigenvalue weighted by Gasteiger charge is -2.16. The lowest BCUT2D eigenvalue weighted by molar-refractivity contribution is 1.07. The van der Waals surface area contributed by atoms with Crippen LogP contribution < -0.4 is 5.43 Å². The molecule has 0 radical (unpaired) electrons. The summed E-state index contributed by atoms with van der Waals surface area (Å²) < 4.78 is 0. The number of fused-ring (bicyclic) bond motifs is 1. The largest absolute Gasteiger partial charge is 0.278 e. The van der Waals surface area contributed by atoms with Crippen LogP contribution in [0.15, 0.2) is 52.7 Å².